The van der Waals surface area contributed by atoms with Crippen LogP contribution in [-0.4, -0.2) is 38.6 Å². The SMILES string of the molecule is Cc1c(C(N)=O)sc(NC(=O)c2nn(C)c(C)c2[N+](=O)[O-])c1C(=O)OC(C)C. The lowest BCUT2D eigenvalue weighted by Crippen LogP contribution is -2.18. The summed E-state index contributed by atoms with van der Waals surface area (Å²) >= 11 is 0.786. The van der Waals surface area contributed by atoms with Gasteiger partial charge in [-0.3, -0.25) is 24.4 Å². The van der Waals surface area contributed by atoms with Gasteiger partial charge in [0.2, 0.25) is 5.69 Å². The van der Waals surface area contributed by atoms with E-state index < -0.39 is 40.2 Å². The van der Waals surface area contributed by atoms with Gasteiger partial charge in [0.25, 0.3) is 11.8 Å². The molecule has 2 rings (SSSR count). The van der Waals surface area contributed by atoms with Gasteiger partial charge in [0, 0.05) is 7.05 Å². The van der Waals surface area contributed by atoms with Gasteiger partial charge in [0.1, 0.15) is 10.7 Å². The zero-order chi connectivity index (χ0) is 21.3. The lowest BCUT2D eigenvalue weighted by atomic mass is 10.1. The maximum Gasteiger partial charge on any atom is 0.341 e. The predicted octanol–water partition coefficient (Wildman–Crippen LogP) is 1.92. The molecule has 11 nitrogen and oxygen atoms in total. The molecule has 2 heterocycles. The van der Waals surface area contributed by atoms with Crippen molar-refractivity contribution in [3.8, 4) is 0 Å². The Balaban J connectivity index is 2.51. The van der Waals surface area contributed by atoms with Gasteiger partial charge in [-0.1, -0.05) is 0 Å². The number of thiophene rings is 1. The molecule has 0 unspecified atom stereocenters. The van der Waals surface area contributed by atoms with Crippen LogP contribution in [-0.2, 0) is 11.8 Å². The molecule has 0 saturated carbocycles. The fourth-order valence-electron chi connectivity index (χ4n) is 2.49. The van der Waals surface area contributed by atoms with Crippen LogP contribution >= 0.6 is 11.3 Å². The van der Waals surface area contributed by atoms with Crippen LogP contribution in [0.4, 0.5) is 10.7 Å². The number of hydrogen-bond acceptors (Lipinski definition) is 8. The number of anilines is 1. The average Bonchev–Trinajstić information content (AvgIpc) is 3.04. The maximum absolute atomic E-state index is 12.6. The van der Waals surface area contributed by atoms with Gasteiger partial charge in [-0.2, -0.15) is 5.10 Å². The molecule has 0 atom stereocenters. The average molecular weight is 409 g/mol. The summed E-state index contributed by atoms with van der Waals surface area (Å²) in [6.07, 6.45) is -0.438. The summed E-state index contributed by atoms with van der Waals surface area (Å²) in [5.74, 6) is -2.43. The molecule has 12 heteroatoms. The summed E-state index contributed by atoms with van der Waals surface area (Å²) in [5.41, 5.74) is 4.88. The fraction of sp³-hybridized carbons (Fsp3) is 0.375. The van der Waals surface area contributed by atoms with E-state index in [2.05, 4.69) is 10.4 Å². The number of carbonyl (C=O) groups is 3. The van der Waals surface area contributed by atoms with Gasteiger partial charge in [0.05, 0.1) is 21.5 Å². The quantitative estimate of drug-likeness (QED) is 0.419. The third-order valence-corrected chi connectivity index (χ3v) is 5.07. The highest BCUT2D eigenvalue weighted by Crippen LogP contribution is 2.34. The molecule has 0 aliphatic carbocycles. The molecule has 0 bridgehead atoms. The van der Waals surface area contributed by atoms with Crippen LogP contribution in [0, 0.1) is 24.0 Å². The number of esters is 1. The number of amides is 2. The van der Waals surface area contributed by atoms with E-state index in [1.165, 1.54) is 25.6 Å². The van der Waals surface area contributed by atoms with E-state index >= 15 is 0 Å². The normalized spacial score (nSPS) is 10.8. The molecule has 150 valence electrons. The highest BCUT2D eigenvalue weighted by atomic mass is 32.1. The lowest BCUT2D eigenvalue weighted by Gasteiger charge is -2.10. The van der Waals surface area contributed by atoms with Crippen LogP contribution < -0.4 is 11.1 Å². The number of nitrogens with two attached hydrogens (primary N) is 1. The number of nitrogens with one attached hydrogen (secondary N) is 1. The molecule has 0 aliphatic heterocycles. The molecule has 2 amide bonds. The maximum atomic E-state index is 12.6. The highest BCUT2D eigenvalue weighted by Gasteiger charge is 2.32. The minimum atomic E-state index is -0.897. The van der Waals surface area contributed by atoms with Gasteiger partial charge in [-0.15, -0.1) is 11.3 Å². The van der Waals surface area contributed by atoms with E-state index in [-0.39, 0.29) is 26.7 Å². The van der Waals surface area contributed by atoms with Crippen molar-refractivity contribution in [2.45, 2.75) is 33.8 Å². The van der Waals surface area contributed by atoms with E-state index in [1.807, 2.05) is 0 Å². The Morgan fingerprint density at radius 1 is 1.32 bits per heavy atom. The monoisotopic (exact) mass is 409 g/mol. The molecule has 2 aromatic rings. The van der Waals surface area contributed by atoms with Crippen molar-refractivity contribution in [2.24, 2.45) is 12.8 Å². The molecular weight excluding hydrogens is 390 g/mol. The first kappa shape index (κ1) is 21.0. The summed E-state index contributed by atoms with van der Waals surface area (Å²) in [7, 11) is 1.46. The topological polar surface area (TPSA) is 159 Å². The summed E-state index contributed by atoms with van der Waals surface area (Å²) in [6, 6.07) is 0. The third kappa shape index (κ3) is 3.86. The van der Waals surface area contributed by atoms with Crippen LogP contribution in [0.3, 0.4) is 0 Å². The van der Waals surface area contributed by atoms with Crippen molar-refractivity contribution in [3.63, 3.8) is 0 Å². The van der Waals surface area contributed by atoms with Crippen LogP contribution in [0.1, 0.15) is 55.6 Å². The molecule has 0 fully saturated rings. The van der Waals surface area contributed by atoms with Crippen molar-refractivity contribution in [2.75, 3.05) is 5.32 Å². The van der Waals surface area contributed by atoms with Crippen LogP contribution in [0.25, 0.3) is 0 Å². The first-order valence-corrected chi connectivity index (χ1v) is 8.90. The van der Waals surface area contributed by atoms with Crippen molar-refractivity contribution < 1.29 is 24.0 Å². The Labute approximate surface area is 163 Å². The molecule has 3 N–H and O–H groups in total. The minimum absolute atomic E-state index is 0.000413. The first-order chi connectivity index (χ1) is 13.0. The van der Waals surface area contributed by atoms with Crippen LogP contribution in [0.2, 0.25) is 0 Å². The molecule has 0 spiro atoms. The number of rotatable bonds is 6. The fourth-order valence-corrected chi connectivity index (χ4v) is 3.53. The second-order valence-electron chi connectivity index (χ2n) is 6.20. The molecule has 0 radical (unpaired) electrons. The smallest absolute Gasteiger partial charge is 0.341 e. The van der Waals surface area contributed by atoms with Crippen molar-refractivity contribution >= 4 is 39.8 Å². The molecule has 28 heavy (non-hydrogen) atoms. The van der Waals surface area contributed by atoms with E-state index in [9.17, 15) is 24.5 Å². The Morgan fingerprint density at radius 3 is 2.43 bits per heavy atom. The zero-order valence-electron chi connectivity index (χ0n) is 15.9. The zero-order valence-corrected chi connectivity index (χ0v) is 16.7. The second kappa shape index (κ2) is 7.76. The molecular formula is C16H19N5O6S. The Kier molecular flexibility index (Phi) is 5.83. The van der Waals surface area contributed by atoms with Crippen molar-refractivity contribution in [1.82, 2.24) is 9.78 Å². The van der Waals surface area contributed by atoms with Crippen LogP contribution in [0.15, 0.2) is 0 Å². The van der Waals surface area contributed by atoms with E-state index in [1.54, 1.807) is 13.8 Å². The Morgan fingerprint density at radius 2 is 1.93 bits per heavy atom. The lowest BCUT2D eigenvalue weighted by molar-refractivity contribution is -0.385. The summed E-state index contributed by atoms with van der Waals surface area (Å²) < 4.78 is 6.36. The van der Waals surface area contributed by atoms with Crippen molar-refractivity contribution in [1.29, 1.82) is 0 Å². The largest absolute Gasteiger partial charge is 0.459 e. The van der Waals surface area contributed by atoms with Gasteiger partial charge in [0.15, 0.2) is 0 Å². The van der Waals surface area contributed by atoms with Crippen LogP contribution in [0.5, 0.6) is 0 Å². The summed E-state index contributed by atoms with van der Waals surface area (Å²) in [6.45, 7) is 6.24. The number of nitro groups is 1. The molecule has 0 aromatic carbocycles. The summed E-state index contributed by atoms with van der Waals surface area (Å²) in [5, 5.41) is 17.6. The number of carbonyl (C=O) groups excluding carboxylic acids is 3. The van der Waals surface area contributed by atoms with Crippen molar-refractivity contribution in [3.05, 3.63) is 37.5 Å². The van der Waals surface area contributed by atoms with Gasteiger partial charge in [-0.25, -0.2) is 4.79 Å². The Bertz CT molecular complexity index is 990. The first-order valence-electron chi connectivity index (χ1n) is 8.09. The standard InChI is InChI=1S/C16H19N5O6S/c1-6(2)27-16(24)9-7(3)12(13(17)22)28-15(9)18-14(23)10-11(21(25)26)8(4)20(5)19-10/h6H,1-5H3,(H2,17,22)(H,18,23). The Hall–Kier alpha value is -3.28. The number of primary amides is 1. The van der Waals surface area contributed by atoms with E-state index in [0.717, 1.165) is 11.3 Å². The molecule has 0 aliphatic rings. The number of nitrogens with zero attached hydrogens (tertiary/aromatic N) is 3. The second-order valence-corrected chi connectivity index (χ2v) is 7.22. The van der Waals surface area contributed by atoms with E-state index in [0.29, 0.717) is 0 Å². The molecule has 0 saturated heterocycles. The third-order valence-electron chi connectivity index (χ3n) is 3.84. The minimum Gasteiger partial charge on any atom is -0.459 e. The van der Waals surface area contributed by atoms with Gasteiger partial charge >= 0.3 is 11.7 Å². The summed E-state index contributed by atoms with van der Waals surface area (Å²) in [4.78, 5) is 47.4. The highest BCUT2D eigenvalue weighted by molar-refractivity contribution is 7.18. The number of aryl methyl sites for hydroxylation is 1. The number of aromatic nitrogens is 2. The van der Waals surface area contributed by atoms with Gasteiger partial charge < -0.3 is 15.8 Å². The van der Waals surface area contributed by atoms with Gasteiger partial charge in [-0.05, 0) is 33.3 Å². The van der Waals surface area contributed by atoms with E-state index in [4.69, 9.17) is 10.5 Å². The predicted molar refractivity (Wildman–Crippen MR) is 101 cm³/mol. The number of ether oxygens (including phenoxy) is 1. The molecule has 2 aromatic heterocycles. The number of hydrogen-bond donors (Lipinski definition) is 2.